The van der Waals surface area contributed by atoms with E-state index >= 15 is 0 Å². The summed E-state index contributed by atoms with van der Waals surface area (Å²) >= 11 is 0. The second-order valence-electron chi connectivity index (χ2n) is 6.23. The van der Waals surface area contributed by atoms with Crippen LogP contribution in [0.3, 0.4) is 0 Å². The van der Waals surface area contributed by atoms with Crippen LogP contribution in [0.4, 0.5) is 0 Å². The lowest BCUT2D eigenvalue weighted by Gasteiger charge is -2.26. The Kier molecular flexibility index (Phi) is 10.5. The molecule has 0 aliphatic carbocycles. The van der Waals surface area contributed by atoms with Crippen LogP contribution < -0.4 is 0 Å². The fourth-order valence-electron chi connectivity index (χ4n) is 2.74. The van der Waals surface area contributed by atoms with Gasteiger partial charge < -0.3 is 4.74 Å². The van der Waals surface area contributed by atoms with Crippen LogP contribution in [0.15, 0.2) is 0 Å². The minimum Gasteiger partial charge on any atom is -0.379 e. The van der Waals surface area contributed by atoms with Gasteiger partial charge in [-0.1, -0.05) is 65.2 Å². The van der Waals surface area contributed by atoms with E-state index in [4.69, 9.17) is 4.74 Å². The van der Waals surface area contributed by atoms with Gasteiger partial charge in [-0.15, -0.1) is 0 Å². The van der Waals surface area contributed by atoms with E-state index in [2.05, 4.69) is 18.7 Å². The molecule has 114 valence electrons. The van der Waals surface area contributed by atoms with Gasteiger partial charge in [-0.05, 0) is 18.9 Å². The highest BCUT2D eigenvalue weighted by atomic mass is 16.5. The van der Waals surface area contributed by atoms with Crippen LogP contribution in [-0.2, 0) is 4.74 Å². The molecule has 0 amide bonds. The average Bonchev–Trinajstić information content (AvgIpc) is 2.46. The third-order valence-corrected chi connectivity index (χ3v) is 4.47. The number of ether oxygens (including phenoxy) is 1. The SMILES string of the molecule is CCC(C)CCCCCCCCCN1CCOCC1. The zero-order valence-electron chi connectivity index (χ0n) is 13.3. The summed E-state index contributed by atoms with van der Waals surface area (Å²) in [6.45, 7) is 10.2. The molecule has 0 radical (unpaired) electrons. The Balaban J connectivity index is 1.76. The van der Waals surface area contributed by atoms with Crippen LogP contribution >= 0.6 is 0 Å². The van der Waals surface area contributed by atoms with Crippen LogP contribution in [-0.4, -0.2) is 37.7 Å². The van der Waals surface area contributed by atoms with Gasteiger partial charge in [0.2, 0.25) is 0 Å². The molecule has 0 aromatic rings. The van der Waals surface area contributed by atoms with E-state index in [1.807, 2.05) is 0 Å². The summed E-state index contributed by atoms with van der Waals surface area (Å²) in [5, 5.41) is 0. The van der Waals surface area contributed by atoms with Crippen molar-refractivity contribution >= 4 is 0 Å². The summed E-state index contributed by atoms with van der Waals surface area (Å²) in [6, 6.07) is 0. The molecule has 1 rings (SSSR count). The molecule has 1 atom stereocenters. The first-order valence-corrected chi connectivity index (χ1v) is 8.63. The largest absolute Gasteiger partial charge is 0.379 e. The zero-order valence-corrected chi connectivity index (χ0v) is 13.3. The highest BCUT2D eigenvalue weighted by Gasteiger charge is 2.08. The van der Waals surface area contributed by atoms with Gasteiger partial charge in [0, 0.05) is 13.1 Å². The van der Waals surface area contributed by atoms with Gasteiger partial charge in [-0.25, -0.2) is 0 Å². The lowest BCUT2D eigenvalue weighted by atomic mass is 10.00. The van der Waals surface area contributed by atoms with E-state index in [0.29, 0.717) is 0 Å². The molecule has 19 heavy (non-hydrogen) atoms. The molecular weight excluding hydrogens is 234 g/mol. The molecule has 0 aromatic heterocycles. The van der Waals surface area contributed by atoms with Gasteiger partial charge in [0.05, 0.1) is 13.2 Å². The van der Waals surface area contributed by atoms with Crippen molar-refractivity contribution in [3.8, 4) is 0 Å². The highest BCUT2D eigenvalue weighted by Crippen LogP contribution is 2.14. The van der Waals surface area contributed by atoms with Gasteiger partial charge in [-0.2, -0.15) is 0 Å². The van der Waals surface area contributed by atoms with Crippen LogP contribution in [0.5, 0.6) is 0 Å². The minimum atomic E-state index is 0.938. The zero-order chi connectivity index (χ0) is 13.8. The number of morpholine rings is 1. The Morgan fingerprint density at radius 2 is 1.47 bits per heavy atom. The summed E-state index contributed by atoms with van der Waals surface area (Å²) in [7, 11) is 0. The third-order valence-electron chi connectivity index (χ3n) is 4.47. The van der Waals surface area contributed by atoms with Crippen molar-refractivity contribution in [1.82, 2.24) is 4.90 Å². The molecule has 1 aliphatic heterocycles. The maximum absolute atomic E-state index is 5.37. The van der Waals surface area contributed by atoms with Gasteiger partial charge in [0.1, 0.15) is 0 Å². The Labute approximate surface area is 120 Å². The average molecular weight is 269 g/mol. The van der Waals surface area contributed by atoms with E-state index in [-0.39, 0.29) is 0 Å². The lowest BCUT2D eigenvalue weighted by molar-refractivity contribution is 0.0371. The van der Waals surface area contributed by atoms with Crippen molar-refractivity contribution in [3.05, 3.63) is 0 Å². The number of hydrogen-bond acceptors (Lipinski definition) is 2. The molecule has 0 saturated carbocycles. The number of rotatable bonds is 11. The van der Waals surface area contributed by atoms with Gasteiger partial charge in [0.15, 0.2) is 0 Å². The predicted octanol–water partition coefficient (Wildman–Crippen LogP) is 4.49. The second kappa shape index (κ2) is 11.7. The smallest absolute Gasteiger partial charge is 0.0594 e. The molecule has 0 bridgehead atoms. The van der Waals surface area contributed by atoms with Gasteiger partial charge in [-0.3, -0.25) is 4.90 Å². The van der Waals surface area contributed by atoms with E-state index < -0.39 is 0 Å². The standard InChI is InChI=1S/C17H35NO/c1-3-17(2)11-9-7-5-4-6-8-10-12-18-13-15-19-16-14-18/h17H,3-16H2,1-2H3. The van der Waals surface area contributed by atoms with Crippen molar-refractivity contribution in [2.45, 2.75) is 71.6 Å². The van der Waals surface area contributed by atoms with Crippen molar-refractivity contribution in [2.75, 3.05) is 32.8 Å². The third kappa shape index (κ3) is 9.45. The van der Waals surface area contributed by atoms with Gasteiger partial charge >= 0.3 is 0 Å². The number of nitrogens with zero attached hydrogens (tertiary/aromatic N) is 1. The molecule has 0 N–H and O–H groups in total. The number of unbranched alkanes of at least 4 members (excludes halogenated alkanes) is 6. The maximum atomic E-state index is 5.37. The van der Waals surface area contributed by atoms with Crippen LogP contribution in [0.1, 0.15) is 71.6 Å². The second-order valence-corrected chi connectivity index (χ2v) is 6.23. The first kappa shape index (κ1) is 17.0. The van der Waals surface area contributed by atoms with Crippen molar-refractivity contribution in [2.24, 2.45) is 5.92 Å². The molecule has 1 saturated heterocycles. The van der Waals surface area contributed by atoms with Crippen LogP contribution in [0, 0.1) is 5.92 Å². The Morgan fingerprint density at radius 3 is 2.11 bits per heavy atom. The van der Waals surface area contributed by atoms with Crippen LogP contribution in [0.25, 0.3) is 0 Å². The quantitative estimate of drug-likeness (QED) is 0.513. The lowest BCUT2D eigenvalue weighted by Crippen LogP contribution is -2.36. The first-order valence-electron chi connectivity index (χ1n) is 8.63. The van der Waals surface area contributed by atoms with Crippen LogP contribution in [0.2, 0.25) is 0 Å². The first-order chi connectivity index (χ1) is 9.33. The topological polar surface area (TPSA) is 12.5 Å². The molecular formula is C17H35NO. The fourth-order valence-corrected chi connectivity index (χ4v) is 2.74. The molecule has 0 spiro atoms. The number of hydrogen-bond donors (Lipinski definition) is 0. The molecule has 2 heteroatoms. The molecule has 1 unspecified atom stereocenters. The maximum Gasteiger partial charge on any atom is 0.0594 e. The molecule has 1 fully saturated rings. The van der Waals surface area contributed by atoms with E-state index in [1.54, 1.807) is 0 Å². The van der Waals surface area contributed by atoms with Crippen molar-refractivity contribution in [3.63, 3.8) is 0 Å². The molecule has 2 nitrogen and oxygen atoms in total. The molecule has 0 aromatic carbocycles. The van der Waals surface area contributed by atoms with Crippen molar-refractivity contribution in [1.29, 1.82) is 0 Å². The van der Waals surface area contributed by atoms with E-state index in [9.17, 15) is 0 Å². The summed E-state index contributed by atoms with van der Waals surface area (Å²) in [5.74, 6) is 0.938. The Hall–Kier alpha value is -0.0800. The summed E-state index contributed by atoms with van der Waals surface area (Å²) in [6.07, 6.45) is 12.8. The normalized spacial score (nSPS) is 18.6. The molecule has 1 aliphatic rings. The fraction of sp³-hybridized carbons (Fsp3) is 1.00. The highest BCUT2D eigenvalue weighted by molar-refractivity contribution is 4.61. The predicted molar refractivity (Wildman–Crippen MR) is 83.7 cm³/mol. The Bertz CT molecular complexity index is 190. The van der Waals surface area contributed by atoms with E-state index in [0.717, 1.165) is 32.2 Å². The minimum absolute atomic E-state index is 0.938. The Morgan fingerprint density at radius 1 is 0.895 bits per heavy atom. The van der Waals surface area contributed by atoms with E-state index in [1.165, 1.54) is 64.3 Å². The summed E-state index contributed by atoms with van der Waals surface area (Å²) in [4.78, 5) is 2.55. The molecule has 1 heterocycles. The summed E-state index contributed by atoms with van der Waals surface area (Å²) < 4.78 is 5.37. The van der Waals surface area contributed by atoms with Gasteiger partial charge in [0.25, 0.3) is 0 Å². The monoisotopic (exact) mass is 269 g/mol. The van der Waals surface area contributed by atoms with Crippen molar-refractivity contribution < 1.29 is 4.74 Å². The summed E-state index contributed by atoms with van der Waals surface area (Å²) in [5.41, 5.74) is 0.